The van der Waals surface area contributed by atoms with E-state index < -0.39 is 6.09 Å². The molecule has 0 fully saturated rings. The molecule has 0 saturated heterocycles. The van der Waals surface area contributed by atoms with Gasteiger partial charge in [-0.1, -0.05) is 42.1 Å². The maximum atomic E-state index is 11.4. The number of hydrazone groups is 1. The zero-order valence-electron chi connectivity index (χ0n) is 10.2. The highest BCUT2D eigenvalue weighted by Crippen LogP contribution is 2.24. The second-order valence-electron chi connectivity index (χ2n) is 3.90. The number of amides is 1. The van der Waals surface area contributed by atoms with Crippen molar-refractivity contribution in [3.8, 4) is 0 Å². The van der Waals surface area contributed by atoms with Gasteiger partial charge in [0.15, 0.2) is 5.88 Å². The van der Waals surface area contributed by atoms with Crippen LogP contribution in [0.5, 0.6) is 0 Å². The standard InChI is InChI=1S/C12H14N3O2S/c1-9(2)17-12(16)14-15-8-18-11(13-15)10-6-4-3-5-7-10/h3-9H,1-2H3,(H,14,16). The molecule has 1 aromatic carbocycles. The number of nitrogens with zero attached hydrogens (tertiary/aromatic N) is 2. The molecule has 1 N–H and O–H groups in total. The average molecular weight is 264 g/mol. The summed E-state index contributed by atoms with van der Waals surface area (Å²) in [6, 6.07) is 9.78. The molecule has 1 aliphatic rings. The van der Waals surface area contributed by atoms with Crippen LogP contribution in [0.25, 0.3) is 0 Å². The van der Waals surface area contributed by atoms with E-state index in [1.807, 2.05) is 30.3 Å². The van der Waals surface area contributed by atoms with E-state index in [-0.39, 0.29) is 6.10 Å². The number of hydrazine groups is 1. The van der Waals surface area contributed by atoms with Gasteiger partial charge >= 0.3 is 6.09 Å². The molecule has 6 heteroatoms. The zero-order chi connectivity index (χ0) is 13.0. The molecular formula is C12H14N3O2S. The highest BCUT2D eigenvalue weighted by atomic mass is 32.2. The second kappa shape index (κ2) is 5.77. The lowest BCUT2D eigenvalue weighted by molar-refractivity contribution is 0.0941. The van der Waals surface area contributed by atoms with Gasteiger partial charge in [-0.3, -0.25) is 0 Å². The summed E-state index contributed by atoms with van der Waals surface area (Å²) in [6.07, 6.45) is -0.669. The van der Waals surface area contributed by atoms with E-state index >= 15 is 0 Å². The van der Waals surface area contributed by atoms with Crippen molar-refractivity contribution >= 4 is 22.9 Å². The minimum Gasteiger partial charge on any atom is -0.446 e. The lowest BCUT2D eigenvalue weighted by Crippen LogP contribution is -2.36. The van der Waals surface area contributed by atoms with Gasteiger partial charge in [0.2, 0.25) is 0 Å². The number of rotatable bonds is 3. The van der Waals surface area contributed by atoms with Crippen LogP contribution in [0.3, 0.4) is 0 Å². The van der Waals surface area contributed by atoms with Crippen LogP contribution < -0.4 is 5.43 Å². The fourth-order valence-corrected chi connectivity index (χ4v) is 2.04. The molecule has 0 aromatic heterocycles. The van der Waals surface area contributed by atoms with Crippen molar-refractivity contribution in [1.29, 1.82) is 0 Å². The predicted molar refractivity (Wildman–Crippen MR) is 71.5 cm³/mol. The van der Waals surface area contributed by atoms with Crippen molar-refractivity contribution in [2.45, 2.75) is 20.0 Å². The van der Waals surface area contributed by atoms with Crippen LogP contribution in [0.4, 0.5) is 4.79 Å². The Labute approximate surface area is 110 Å². The molecular weight excluding hydrogens is 250 g/mol. The third-order valence-electron chi connectivity index (χ3n) is 2.03. The average Bonchev–Trinajstić information content (AvgIpc) is 2.77. The smallest absolute Gasteiger partial charge is 0.427 e. The van der Waals surface area contributed by atoms with Gasteiger partial charge in [-0.05, 0) is 13.8 Å². The number of thioether (sulfide) groups is 1. The largest absolute Gasteiger partial charge is 0.446 e. The van der Waals surface area contributed by atoms with Crippen molar-refractivity contribution in [3.05, 3.63) is 41.8 Å². The molecule has 1 amide bonds. The Morgan fingerprint density at radius 2 is 2.11 bits per heavy atom. The third-order valence-corrected chi connectivity index (χ3v) is 2.88. The molecule has 1 heterocycles. The molecule has 0 bridgehead atoms. The fourth-order valence-electron chi connectivity index (χ4n) is 1.34. The maximum Gasteiger partial charge on any atom is 0.427 e. The molecule has 0 aliphatic carbocycles. The quantitative estimate of drug-likeness (QED) is 0.911. The summed E-state index contributed by atoms with van der Waals surface area (Å²) in [5, 5.41) is 6.44. The Bertz CT molecular complexity index is 448. The number of carbonyl (C=O) groups excluding carboxylic acids is 1. The van der Waals surface area contributed by atoms with E-state index in [2.05, 4.69) is 10.5 Å². The minimum absolute atomic E-state index is 0.155. The third kappa shape index (κ3) is 3.40. The number of carbonyl (C=O) groups is 1. The number of hydrogen-bond acceptors (Lipinski definition) is 5. The molecule has 0 spiro atoms. The van der Waals surface area contributed by atoms with Gasteiger partial charge in [0.1, 0.15) is 5.04 Å². The summed E-state index contributed by atoms with van der Waals surface area (Å²) in [4.78, 5) is 11.4. The summed E-state index contributed by atoms with van der Waals surface area (Å²) in [5.41, 5.74) is 3.53. The van der Waals surface area contributed by atoms with Gasteiger partial charge in [0, 0.05) is 5.56 Å². The first-order valence-electron chi connectivity index (χ1n) is 5.55. The van der Waals surface area contributed by atoms with E-state index in [1.165, 1.54) is 16.9 Å². The van der Waals surface area contributed by atoms with E-state index in [0.29, 0.717) is 0 Å². The lowest BCUT2D eigenvalue weighted by atomic mass is 10.2. The second-order valence-corrected chi connectivity index (χ2v) is 4.74. The van der Waals surface area contributed by atoms with E-state index in [0.717, 1.165) is 10.6 Å². The summed E-state index contributed by atoms with van der Waals surface area (Å²) in [5.74, 6) is 1.71. The van der Waals surface area contributed by atoms with Crippen molar-refractivity contribution in [2.75, 3.05) is 0 Å². The van der Waals surface area contributed by atoms with E-state index in [4.69, 9.17) is 4.74 Å². The molecule has 2 rings (SSSR count). The van der Waals surface area contributed by atoms with Gasteiger partial charge < -0.3 is 4.74 Å². The Morgan fingerprint density at radius 3 is 2.78 bits per heavy atom. The van der Waals surface area contributed by atoms with Crippen molar-refractivity contribution in [1.82, 2.24) is 10.5 Å². The molecule has 1 aliphatic heterocycles. The maximum absolute atomic E-state index is 11.4. The Kier molecular flexibility index (Phi) is 4.09. The molecule has 5 nitrogen and oxygen atoms in total. The van der Waals surface area contributed by atoms with E-state index in [9.17, 15) is 4.79 Å². The summed E-state index contributed by atoms with van der Waals surface area (Å²) in [6.45, 7) is 3.58. The summed E-state index contributed by atoms with van der Waals surface area (Å²) < 4.78 is 4.96. The highest BCUT2D eigenvalue weighted by Gasteiger charge is 2.19. The predicted octanol–water partition coefficient (Wildman–Crippen LogP) is 2.57. The fraction of sp³-hybridized carbons (Fsp3) is 0.250. The van der Waals surface area contributed by atoms with Gasteiger partial charge in [-0.15, -0.1) is 5.10 Å². The number of ether oxygens (including phenoxy) is 1. The molecule has 95 valence electrons. The van der Waals surface area contributed by atoms with Crippen molar-refractivity contribution in [3.63, 3.8) is 0 Å². The molecule has 0 unspecified atom stereocenters. The van der Waals surface area contributed by atoms with Crippen LogP contribution >= 0.6 is 11.8 Å². The molecule has 1 aromatic rings. The van der Waals surface area contributed by atoms with Crippen molar-refractivity contribution < 1.29 is 9.53 Å². The first-order valence-corrected chi connectivity index (χ1v) is 6.43. The molecule has 18 heavy (non-hydrogen) atoms. The Hall–Kier alpha value is -1.69. The van der Waals surface area contributed by atoms with Crippen LogP contribution in [0, 0.1) is 5.88 Å². The summed E-state index contributed by atoms with van der Waals surface area (Å²) >= 11 is 1.45. The summed E-state index contributed by atoms with van der Waals surface area (Å²) in [7, 11) is 0. The number of nitrogens with one attached hydrogen (secondary N) is 1. The molecule has 0 saturated carbocycles. The first-order chi connectivity index (χ1) is 8.65. The SMILES string of the molecule is CC(C)OC(=O)NN1[CH]SC(c2ccccc2)=N1. The van der Waals surface area contributed by atoms with Crippen LogP contribution in [0.1, 0.15) is 19.4 Å². The lowest BCUT2D eigenvalue weighted by Gasteiger charge is -2.14. The van der Waals surface area contributed by atoms with Gasteiger partial charge in [0.05, 0.1) is 6.10 Å². The van der Waals surface area contributed by atoms with Crippen LogP contribution in [0.2, 0.25) is 0 Å². The van der Waals surface area contributed by atoms with Crippen molar-refractivity contribution in [2.24, 2.45) is 5.10 Å². The number of benzene rings is 1. The highest BCUT2D eigenvalue weighted by molar-refractivity contribution is 8.16. The van der Waals surface area contributed by atoms with Crippen LogP contribution in [-0.2, 0) is 4.74 Å². The topological polar surface area (TPSA) is 53.9 Å². The van der Waals surface area contributed by atoms with Gasteiger partial charge in [0.25, 0.3) is 0 Å². The monoisotopic (exact) mass is 264 g/mol. The first kappa shape index (κ1) is 12.8. The Balaban J connectivity index is 1.94. The minimum atomic E-state index is -0.514. The molecule has 0 atom stereocenters. The van der Waals surface area contributed by atoms with Crippen LogP contribution in [0.15, 0.2) is 35.4 Å². The zero-order valence-corrected chi connectivity index (χ0v) is 11.0. The number of hydrogen-bond donors (Lipinski definition) is 1. The van der Waals surface area contributed by atoms with Crippen LogP contribution in [-0.4, -0.2) is 22.4 Å². The molecule has 1 radical (unpaired) electrons. The van der Waals surface area contributed by atoms with Gasteiger partial charge in [-0.25, -0.2) is 10.2 Å². The van der Waals surface area contributed by atoms with Gasteiger partial charge in [-0.2, -0.15) is 5.12 Å². The van der Waals surface area contributed by atoms with E-state index in [1.54, 1.807) is 19.7 Å². The normalized spacial score (nSPS) is 14.6. The Morgan fingerprint density at radius 1 is 1.39 bits per heavy atom.